The number of benzene rings is 1. The highest BCUT2D eigenvalue weighted by Crippen LogP contribution is 2.16. The van der Waals surface area contributed by atoms with Crippen molar-refractivity contribution in [3.05, 3.63) is 29.8 Å². The van der Waals surface area contributed by atoms with Crippen LogP contribution in [0.1, 0.15) is 31.7 Å². The van der Waals surface area contributed by atoms with Gasteiger partial charge in [-0.3, -0.25) is 4.79 Å². The summed E-state index contributed by atoms with van der Waals surface area (Å²) in [5.41, 5.74) is 2.23. The fraction of sp³-hybridized carbons (Fsp3) is 0.533. The summed E-state index contributed by atoms with van der Waals surface area (Å²) in [6, 6.07) is 7.94. The molecule has 1 saturated heterocycles. The molecule has 0 radical (unpaired) electrons. The Morgan fingerprint density at radius 3 is 2.56 bits per heavy atom. The Morgan fingerprint density at radius 1 is 1.22 bits per heavy atom. The van der Waals surface area contributed by atoms with E-state index in [0.29, 0.717) is 0 Å². The lowest BCUT2D eigenvalue weighted by Crippen LogP contribution is -2.43. The molecule has 1 aliphatic rings. The summed E-state index contributed by atoms with van der Waals surface area (Å²) in [4.78, 5) is 14.3. The van der Waals surface area contributed by atoms with Crippen LogP contribution in [-0.2, 0) is 4.79 Å². The topological polar surface area (TPSA) is 32.3 Å². The number of rotatable bonds is 3. The first-order valence-corrected chi connectivity index (χ1v) is 6.79. The molecule has 18 heavy (non-hydrogen) atoms. The normalized spacial score (nSPS) is 17.3. The number of carbonyl (C=O) groups is 1. The van der Waals surface area contributed by atoms with E-state index in [-0.39, 0.29) is 11.9 Å². The van der Waals surface area contributed by atoms with Gasteiger partial charge < -0.3 is 10.2 Å². The number of hydrogen-bond acceptors (Lipinski definition) is 2. The van der Waals surface area contributed by atoms with Gasteiger partial charge in [0, 0.05) is 18.8 Å². The van der Waals surface area contributed by atoms with Gasteiger partial charge >= 0.3 is 0 Å². The maximum atomic E-state index is 12.3. The Morgan fingerprint density at radius 2 is 1.89 bits per heavy atom. The summed E-state index contributed by atoms with van der Waals surface area (Å²) in [6.45, 7) is 5.83. The highest BCUT2D eigenvalue weighted by molar-refractivity contribution is 5.84. The molecule has 2 rings (SSSR count). The first kappa shape index (κ1) is 12.9. The largest absolute Gasteiger partial charge is 0.374 e. The molecule has 1 N–H and O–H groups in total. The lowest BCUT2D eigenvalue weighted by molar-refractivity contribution is -0.132. The third kappa shape index (κ3) is 3.03. The van der Waals surface area contributed by atoms with Crippen molar-refractivity contribution in [2.75, 3.05) is 18.4 Å². The van der Waals surface area contributed by atoms with Gasteiger partial charge in [0.1, 0.15) is 6.04 Å². The van der Waals surface area contributed by atoms with E-state index in [1.165, 1.54) is 12.0 Å². The standard InChI is InChI=1S/C15H22N2O/c1-12-8-4-5-9-14(12)16-13(2)15(18)17-10-6-3-7-11-17/h4-5,8-9,13,16H,3,6-7,10-11H2,1-2H3. The van der Waals surface area contributed by atoms with Gasteiger partial charge in [-0.15, -0.1) is 0 Å². The molecule has 1 atom stereocenters. The van der Waals surface area contributed by atoms with Gasteiger partial charge in [0.15, 0.2) is 0 Å². The Hall–Kier alpha value is -1.51. The van der Waals surface area contributed by atoms with Crippen LogP contribution in [0.15, 0.2) is 24.3 Å². The molecule has 1 heterocycles. The van der Waals surface area contributed by atoms with Gasteiger partial charge in [0.2, 0.25) is 5.91 Å². The zero-order valence-electron chi connectivity index (χ0n) is 11.3. The quantitative estimate of drug-likeness (QED) is 0.889. The number of hydrogen-bond donors (Lipinski definition) is 1. The second kappa shape index (κ2) is 5.89. The zero-order chi connectivity index (χ0) is 13.0. The molecule has 0 spiro atoms. The number of amides is 1. The van der Waals surface area contributed by atoms with E-state index in [2.05, 4.69) is 18.3 Å². The van der Waals surface area contributed by atoms with E-state index in [4.69, 9.17) is 0 Å². The van der Waals surface area contributed by atoms with Gasteiger partial charge in [-0.2, -0.15) is 0 Å². The molecule has 3 heteroatoms. The van der Waals surface area contributed by atoms with Crippen LogP contribution in [0.5, 0.6) is 0 Å². The van der Waals surface area contributed by atoms with Crippen LogP contribution in [0.25, 0.3) is 0 Å². The van der Waals surface area contributed by atoms with Crippen molar-refractivity contribution in [2.45, 2.75) is 39.2 Å². The molecule has 1 amide bonds. The Labute approximate surface area is 109 Å². The second-order valence-electron chi connectivity index (χ2n) is 5.07. The fourth-order valence-corrected chi connectivity index (χ4v) is 2.42. The number of anilines is 1. The van der Waals surface area contributed by atoms with Crippen LogP contribution in [0.4, 0.5) is 5.69 Å². The molecule has 1 fully saturated rings. The molecule has 0 saturated carbocycles. The second-order valence-corrected chi connectivity index (χ2v) is 5.07. The van der Waals surface area contributed by atoms with Gasteiger partial charge in [-0.05, 0) is 44.7 Å². The molecule has 0 bridgehead atoms. The monoisotopic (exact) mass is 246 g/mol. The maximum absolute atomic E-state index is 12.3. The molecule has 0 aromatic heterocycles. The molecule has 3 nitrogen and oxygen atoms in total. The summed E-state index contributed by atoms with van der Waals surface area (Å²) < 4.78 is 0. The van der Waals surface area contributed by atoms with Gasteiger partial charge in [-0.25, -0.2) is 0 Å². The number of carbonyl (C=O) groups excluding carboxylic acids is 1. The van der Waals surface area contributed by atoms with Crippen LogP contribution >= 0.6 is 0 Å². The lowest BCUT2D eigenvalue weighted by atomic mass is 10.1. The minimum absolute atomic E-state index is 0.149. The number of likely N-dealkylation sites (tertiary alicyclic amines) is 1. The predicted molar refractivity (Wildman–Crippen MR) is 74.7 cm³/mol. The Kier molecular flexibility index (Phi) is 4.24. The van der Waals surface area contributed by atoms with Crippen molar-refractivity contribution < 1.29 is 4.79 Å². The van der Waals surface area contributed by atoms with Crippen molar-refractivity contribution in [3.8, 4) is 0 Å². The van der Waals surface area contributed by atoms with Crippen LogP contribution in [-0.4, -0.2) is 29.9 Å². The first-order chi connectivity index (χ1) is 8.68. The Balaban J connectivity index is 1.96. The fourth-order valence-electron chi connectivity index (χ4n) is 2.42. The van der Waals surface area contributed by atoms with Gasteiger partial charge in [-0.1, -0.05) is 18.2 Å². The Bertz CT molecular complexity index is 411. The number of nitrogens with one attached hydrogen (secondary N) is 1. The number of nitrogens with zero attached hydrogens (tertiary/aromatic N) is 1. The van der Waals surface area contributed by atoms with Gasteiger partial charge in [0.05, 0.1) is 0 Å². The predicted octanol–water partition coefficient (Wildman–Crippen LogP) is 2.81. The summed E-state index contributed by atoms with van der Waals surface area (Å²) >= 11 is 0. The van der Waals surface area contributed by atoms with E-state index < -0.39 is 0 Å². The van der Waals surface area contributed by atoms with E-state index in [0.717, 1.165) is 31.6 Å². The van der Waals surface area contributed by atoms with Crippen molar-refractivity contribution in [2.24, 2.45) is 0 Å². The number of aryl methyl sites for hydroxylation is 1. The molecule has 1 unspecified atom stereocenters. The summed E-state index contributed by atoms with van der Waals surface area (Å²) in [5.74, 6) is 0.220. The van der Waals surface area contributed by atoms with E-state index in [1.54, 1.807) is 0 Å². The number of piperidine rings is 1. The smallest absolute Gasteiger partial charge is 0.244 e. The molecular formula is C15H22N2O. The third-order valence-electron chi connectivity index (χ3n) is 3.56. The van der Waals surface area contributed by atoms with Crippen molar-refractivity contribution in [1.82, 2.24) is 4.90 Å². The van der Waals surface area contributed by atoms with Crippen molar-refractivity contribution >= 4 is 11.6 Å². The molecule has 98 valence electrons. The maximum Gasteiger partial charge on any atom is 0.244 e. The van der Waals surface area contributed by atoms with Crippen molar-refractivity contribution in [3.63, 3.8) is 0 Å². The van der Waals surface area contributed by atoms with Crippen LogP contribution in [0.2, 0.25) is 0 Å². The molecule has 1 aromatic carbocycles. The highest BCUT2D eigenvalue weighted by atomic mass is 16.2. The molecule has 1 aromatic rings. The zero-order valence-corrected chi connectivity index (χ0v) is 11.3. The average Bonchev–Trinajstić information content (AvgIpc) is 2.41. The van der Waals surface area contributed by atoms with E-state index in [1.807, 2.05) is 30.0 Å². The third-order valence-corrected chi connectivity index (χ3v) is 3.56. The van der Waals surface area contributed by atoms with Gasteiger partial charge in [0.25, 0.3) is 0 Å². The molecule has 1 aliphatic heterocycles. The number of para-hydroxylation sites is 1. The molecule has 0 aliphatic carbocycles. The summed E-state index contributed by atoms with van der Waals surface area (Å²) in [7, 11) is 0. The first-order valence-electron chi connectivity index (χ1n) is 6.79. The minimum Gasteiger partial charge on any atom is -0.374 e. The average molecular weight is 246 g/mol. The van der Waals surface area contributed by atoms with Crippen LogP contribution < -0.4 is 5.32 Å². The van der Waals surface area contributed by atoms with Crippen LogP contribution in [0.3, 0.4) is 0 Å². The van der Waals surface area contributed by atoms with Crippen LogP contribution in [0, 0.1) is 6.92 Å². The highest BCUT2D eigenvalue weighted by Gasteiger charge is 2.22. The van der Waals surface area contributed by atoms with E-state index in [9.17, 15) is 4.79 Å². The van der Waals surface area contributed by atoms with E-state index >= 15 is 0 Å². The summed E-state index contributed by atoms with van der Waals surface area (Å²) in [5, 5.41) is 3.32. The molecular weight excluding hydrogens is 224 g/mol. The lowest BCUT2D eigenvalue weighted by Gasteiger charge is -2.30. The van der Waals surface area contributed by atoms with Crippen molar-refractivity contribution in [1.29, 1.82) is 0 Å². The SMILES string of the molecule is Cc1ccccc1NC(C)C(=O)N1CCCCC1. The minimum atomic E-state index is -0.149. The summed E-state index contributed by atoms with van der Waals surface area (Å²) in [6.07, 6.45) is 3.54.